The summed E-state index contributed by atoms with van der Waals surface area (Å²) in [7, 11) is 0. The molecule has 0 amide bonds. The van der Waals surface area contributed by atoms with E-state index in [2.05, 4.69) is 113 Å². The van der Waals surface area contributed by atoms with E-state index in [0.29, 0.717) is 0 Å². The third kappa shape index (κ3) is 13.8. The second-order valence-electron chi connectivity index (χ2n) is 16.7. The van der Waals surface area contributed by atoms with E-state index in [1.807, 2.05) is 0 Å². The summed E-state index contributed by atoms with van der Waals surface area (Å²) in [4.78, 5) is 9.47. The maximum Gasteiger partial charge on any atom is 0.0702 e. The van der Waals surface area contributed by atoms with Gasteiger partial charge in [-0.15, -0.1) is 0 Å². The first kappa shape index (κ1) is 40.9. The third-order valence-corrected chi connectivity index (χ3v) is 12.8. The van der Waals surface area contributed by atoms with Crippen molar-refractivity contribution in [3.8, 4) is 22.5 Å². The van der Waals surface area contributed by atoms with Gasteiger partial charge in [0.1, 0.15) is 0 Å². The average molecular weight is 713 g/mol. The minimum absolute atomic E-state index is 0.938. The van der Waals surface area contributed by atoms with Crippen molar-refractivity contribution >= 4 is 0 Å². The van der Waals surface area contributed by atoms with Crippen molar-refractivity contribution < 1.29 is 0 Å². The Morgan fingerprint density at radius 1 is 0.396 bits per heavy atom. The van der Waals surface area contributed by atoms with Gasteiger partial charge in [-0.2, -0.15) is 0 Å². The zero-order valence-corrected chi connectivity index (χ0v) is 34.1. The van der Waals surface area contributed by atoms with Crippen LogP contribution in [0, 0.1) is 23.7 Å². The monoisotopic (exact) mass is 713 g/mol. The van der Waals surface area contributed by atoms with Crippen molar-refractivity contribution in [1.82, 2.24) is 9.97 Å². The number of pyridine rings is 2. The number of hydrogen-bond donors (Lipinski definition) is 0. The molecule has 0 unspecified atom stereocenters. The highest BCUT2D eigenvalue weighted by Crippen LogP contribution is 2.34. The molecule has 2 aromatic heterocycles. The number of aromatic nitrogens is 2. The van der Waals surface area contributed by atoms with Crippen LogP contribution in [0.15, 0.2) is 85.2 Å². The van der Waals surface area contributed by atoms with Gasteiger partial charge in [0.05, 0.1) is 11.4 Å². The van der Waals surface area contributed by atoms with Crippen molar-refractivity contribution in [3.63, 3.8) is 0 Å². The van der Waals surface area contributed by atoms with E-state index in [-0.39, 0.29) is 0 Å². The van der Waals surface area contributed by atoms with Gasteiger partial charge in [0, 0.05) is 23.5 Å². The predicted octanol–water partition coefficient (Wildman–Crippen LogP) is 14.9. The van der Waals surface area contributed by atoms with E-state index in [9.17, 15) is 0 Å². The van der Waals surface area contributed by atoms with Crippen LogP contribution >= 0.6 is 0 Å². The van der Waals surface area contributed by atoms with Gasteiger partial charge < -0.3 is 0 Å². The Kier molecular flexibility index (Phi) is 17.6. The molecule has 2 aliphatic carbocycles. The standard InChI is InChI=1S/C26H37N.C25H35N/c1-3-5-6-7-22-14-17-25(18-15-22)26-19-16-24(20-27-26)13-12-23-10-8-21(4-2)9-11-23;1-3-5-6-21-13-16-24(17-14-21)25-18-15-23(19-26-25)12-11-22-9-7-20(4-2)8-10-22/h14-21,23H,3-13H2,1-2H3;13-20,22H,3-12H2,1-2H3. The van der Waals surface area contributed by atoms with E-state index >= 15 is 0 Å². The van der Waals surface area contributed by atoms with Crippen LogP contribution in [0.3, 0.4) is 0 Å². The van der Waals surface area contributed by atoms with Crippen molar-refractivity contribution in [3.05, 3.63) is 107 Å². The van der Waals surface area contributed by atoms with Crippen LogP contribution in [0.4, 0.5) is 0 Å². The van der Waals surface area contributed by atoms with Gasteiger partial charge in [0.2, 0.25) is 0 Å². The second kappa shape index (κ2) is 22.8. The largest absolute Gasteiger partial charge is 0.256 e. The summed E-state index contributed by atoms with van der Waals surface area (Å²) in [5, 5.41) is 0. The lowest BCUT2D eigenvalue weighted by atomic mass is 9.79. The molecular formula is C51H72N2. The summed E-state index contributed by atoms with van der Waals surface area (Å²) in [5.74, 6) is 3.88. The Hall–Kier alpha value is -3.26. The van der Waals surface area contributed by atoms with Crippen LogP contribution in [0.25, 0.3) is 22.5 Å². The summed E-state index contributed by atoms with van der Waals surface area (Å²) in [6, 6.07) is 26.9. The van der Waals surface area contributed by atoms with Gasteiger partial charge in [-0.25, -0.2) is 0 Å². The molecule has 2 nitrogen and oxygen atoms in total. The molecule has 2 saturated carbocycles. The summed E-state index contributed by atoms with van der Waals surface area (Å²) < 4.78 is 0. The van der Waals surface area contributed by atoms with Crippen molar-refractivity contribution in [1.29, 1.82) is 0 Å². The first-order chi connectivity index (χ1) is 26.1. The number of unbranched alkanes of at least 4 members (excludes halogenated alkanes) is 3. The number of aryl methyl sites for hydroxylation is 4. The topological polar surface area (TPSA) is 25.8 Å². The van der Waals surface area contributed by atoms with E-state index in [1.165, 1.54) is 168 Å². The van der Waals surface area contributed by atoms with Crippen LogP contribution < -0.4 is 0 Å². The second-order valence-corrected chi connectivity index (χ2v) is 16.7. The Morgan fingerprint density at radius 2 is 0.774 bits per heavy atom. The van der Waals surface area contributed by atoms with E-state index in [4.69, 9.17) is 9.97 Å². The summed E-state index contributed by atoms with van der Waals surface area (Å²) in [6.07, 6.45) is 32.4. The van der Waals surface area contributed by atoms with E-state index < -0.39 is 0 Å². The van der Waals surface area contributed by atoms with E-state index in [0.717, 1.165) is 35.1 Å². The lowest BCUT2D eigenvalue weighted by molar-refractivity contribution is 0.259. The summed E-state index contributed by atoms with van der Waals surface area (Å²) in [6.45, 7) is 9.19. The van der Waals surface area contributed by atoms with Crippen molar-refractivity contribution in [2.24, 2.45) is 23.7 Å². The minimum atomic E-state index is 0.938. The Bertz CT molecular complexity index is 1520. The predicted molar refractivity (Wildman–Crippen MR) is 229 cm³/mol. The molecule has 0 atom stereocenters. The summed E-state index contributed by atoms with van der Waals surface area (Å²) in [5.41, 5.74) is 10.3. The van der Waals surface area contributed by atoms with Crippen molar-refractivity contribution in [2.75, 3.05) is 0 Å². The summed E-state index contributed by atoms with van der Waals surface area (Å²) >= 11 is 0. The maximum absolute atomic E-state index is 4.74. The molecule has 6 rings (SSSR count). The lowest BCUT2D eigenvalue weighted by Crippen LogP contribution is -2.14. The molecule has 0 spiro atoms. The van der Waals surface area contributed by atoms with Gasteiger partial charge in [0.15, 0.2) is 0 Å². The minimum Gasteiger partial charge on any atom is -0.256 e. The lowest BCUT2D eigenvalue weighted by Gasteiger charge is -2.27. The average Bonchev–Trinajstić information content (AvgIpc) is 3.23. The molecule has 2 aliphatic rings. The molecule has 4 aromatic rings. The SMILES string of the molecule is CCCCCc1ccc(-c2ccc(CCC3CCC(CC)CC3)cn2)cc1.CCCCc1ccc(-c2ccc(CCC3CCC(CC)CC3)cn2)cc1. The Labute approximate surface area is 325 Å². The zero-order chi connectivity index (χ0) is 37.1. The maximum atomic E-state index is 4.74. The van der Waals surface area contributed by atoms with Gasteiger partial charge in [-0.1, -0.05) is 172 Å². The van der Waals surface area contributed by atoms with E-state index in [1.54, 1.807) is 0 Å². The molecule has 2 aromatic carbocycles. The highest BCUT2D eigenvalue weighted by molar-refractivity contribution is 5.60. The quantitative estimate of drug-likeness (QED) is 0.102. The number of benzene rings is 2. The number of rotatable bonds is 17. The van der Waals surface area contributed by atoms with Gasteiger partial charge in [0.25, 0.3) is 0 Å². The van der Waals surface area contributed by atoms with Gasteiger partial charge in [-0.05, 0) is 109 Å². The van der Waals surface area contributed by atoms with Crippen LogP contribution in [0.5, 0.6) is 0 Å². The molecule has 2 heteroatoms. The van der Waals surface area contributed by atoms with Gasteiger partial charge in [-0.3, -0.25) is 9.97 Å². The molecule has 2 fully saturated rings. The first-order valence-corrected chi connectivity index (χ1v) is 22.1. The molecule has 0 radical (unpaired) electrons. The van der Waals surface area contributed by atoms with Crippen LogP contribution in [-0.4, -0.2) is 9.97 Å². The fraction of sp³-hybridized carbons (Fsp3) is 0.569. The fourth-order valence-corrected chi connectivity index (χ4v) is 8.73. The molecule has 0 bridgehead atoms. The number of nitrogens with zero attached hydrogens (tertiary/aromatic N) is 2. The van der Waals surface area contributed by atoms with Gasteiger partial charge >= 0.3 is 0 Å². The molecule has 2 heterocycles. The molecule has 286 valence electrons. The molecule has 0 N–H and O–H groups in total. The molecular weight excluding hydrogens is 641 g/mol. The Morgan fingerprint density at radius 3 is 1.13 bits per heavy atom. The van der Waals surface area contributed by atoms with Crippen LogP contribution in [-0.2, 0) is 25.7 Å². The third-order valence-electron chi connectivity index (χ3n) is 12.8. The van der Waals surface area contributed by atoms with Crippen LogP contribution in [0.1, 0.15) is 159 Å². The Balaban J connectivity index is 0.000000204. The van der Waals surface area contributed by atoms with Crippen LogP contribution in [0.2, 0.25) is 0 Å². The smallest absolute Gasteiger partial charge is 0.0702 e. The van der Waals surface area contributed by atoms with Crippen molar-refractivity contribution in [2.45, 2.75) is 163 Å². The highest BCUT2D eigenvalue weighted by Gasteiger charge is 2.20. The highest BCUT2D eigenvalue weighted by atomic mass is 14.7. The fourth-order valence-electron chi connectivity index (χ4n) is 8.73. The number of hydrogen-bond acceptors (Lipinski definition) is 2. The molecule has 0 saturated heterocycles. The molecule has 0 aliphatic heterocycles. The zero-order valence-electron chi connectivity index (χ0n) is 34.1. The normalized spacial score (nSPS) is 20.1. The first-order valence-electron chi connectivity index (χ1n) is 22.1. The molecule has 53 heavy (non-hydrogen) atoms.